The van der Waals surface area contributed by atoms with Crippen molar-refractivity contribution in [2.24, 2.45) is 11.1 Å². The molecular weight excluding hydrogens is 711 g/mol. The Labute approximate surface area is 313 Å². The van der Waals surface area contributed by atoms with Gasteiger partial charge < -0.3 is 15.2 Å². The largest absolute Gasteiger partial charge is 0.450 e. The lowest BCUT2D eigenvalue weighted by Gasteiger charge is -2.37. The number of carbonyl (C=O) groups is 2. The monoisotopic (exact) mass is 758 g/mol. The number of nitrogens with zero attached hydrogens (tertiary/aromatic N) is 2. The molecule has 1 heterocycles. The molecule has 3 aromatic carbocycles. The summed E-state index contributed by atoms with van der Waals surface area (Å²) in [6, 6.07) is 19.3. The summed E-state index contributed by atoms with van der Waals surface area (Å²) < 4.78 is 28.7. The highest BCUT2D eigenvalue weighted by molar-refractivity contribution is 7.89. The maximum absolute atomic E-state index is 13.0. The van der Waals surface area contributed by atoms with Gasteiger partial charge in [-0.15, -0.1) is 12.4 Å². The number of rotatable bonds is 9. The van der Waals surface area contributed by atoms with Crippen molar-refractivity contribution >= 4 is 57.3 Å². The highest BCUT2D eigenvalue weighted by atomic mass is 35.5. The van der Waals surface area contributed by atoms with Crippen molar-refractivity contribution < 1.29 is 27.9 Å². The van der Waals surface area contributed by atoms with Gasteiger partial charge in [0.2, 0.25) is 10.0 Å². The number of sulfonamides is 1. The van der Waals surface area contributed by atoms with Crippen molar-refractivity contribution in [3.8, 4) is 11.8 Å². The van der Waals surface area contributed by atoms with Gasteiger partial charge in [-0.1, -0.05) is 105 Å². The van der Waals surface area contributed by atoms with Crippen LogP contribution in [0.25, 0.3) is 0 Å². The molecule has 0 bridgehead atoms. The molecule has 1 amide bonds. The Morgan fingerprint density at radius 3 is 2.29 bits per heavy atom. The van der Waals surface area contributed by atoms with E-state index in [9.17, 15) is 23.1 Å². The van der Waals surface area contributed by atoms with Crippen LogP contribution < -0.4 is 15.4 Å². The predicted octanol–water partition coefficient (Wildman–Crippen LogP) is 6.48. The summed E-state index contributed by atoms with van der Waals surface area (Å²) in [7, 11) is -4.02. The first-order valence-corrected chi connectivity index (χ1v) is 18.9. The van der Waals surface area contributed by atoms with Crippen LogP contribution in [-0.2, 0) is 25.2 Å². The third kappa shape index (κ3) is 10.0. The number of aryl methyl sites for hydroxylation is 1. The zero-order valence-corrected chi connectivity index (χ0v) is 31.9. The summed E-state index contributed by atoms with van der Waals surface area (Å²) in [5.41, 5.74) is 1.42. The number of ether oxygens (including phenoxy) is 1. The molecule has 10 nitrogen and oxygen atoms in total. The average Bonchev–Trinajstić information content (AvgIpc) is 3.10. The standard InChI is InChI=1S/C22H31NO3.C16H16ClN3O3S.ClH/c1-3-23(4-2)17-11-12-18-26-21(24)22(25,19-13-7-5-8-14-19)20-15-9-6-10-16-20;1-9-5-3-4-6-14(9)20-10(2)19-13-8-12(17)15(24(18,22)23)7-11(13)16(20)21;/h5,7-8,13-14,20,25H,3-4,6,9-10,15-18H2,1-2H3;3-8,10,19H,1-2H3,(H2,18,22,23);1H. The number of anilines is 2. The summed E-state index contributed by atoms with van der Waals surface area (Å²) >= 11 is 6.00. The lowest BCUT2D eigenvalue weighted by molar-refractivity contribution is -0.174. The quantitative estimate of drug-likeness (QED) is 0.166. The smallest absolute Gasteiger partial charge is 0.344 e. The molecule has 2 atom stereocenters. The van der Waals surface area contributed by atoms with Gasteiger partial charge in [-0.3, -0.25) is 14.6 Å². The second kappa shape index (κ2) is 18.7. The fourth-order valence-corrected chi connectivity index (χ4v) is 7.52. The number of carbonyl (C=O) groups excluding carboxylic acids is 2. The van der Waals surface area contributed by atoms with Gasteiger partial charge in [0.1, 0.15) is 11.1 Å². The van der Waals surface area contributed by atoms with E-state index in [0.717, 1.165) is 56.4 Å². The maximum atomic E-state index is 13.0. The third-order valence-corrected chi connectivity index (χ3v) is 10.6. The zero-order valence-electron chi connectivity index (χ0n) is 29.5. The topological polar surface area (TPSA) is 142 Å². The molecule has 5 rings (SSSR count). The van der Waals surface area contributed by atoms with Crippen LogP contribution in [0.15, 0.2) is 71.6 Å². The van der Waals surface area contributed by atoms with Gasteiger partial charge in [-0.05, 0) is 69.1 Å². The van der Waals surface area contributed by atoms with E-state index >= 15 is 0 Å². The van der Waals surface area contributed by atoms with Crippen molar-refractivity contribution in [2.75, 3.05) is 36.5 Å². The van der Waals surface area contributed by atoms with Crippen LogP contribution in [0.3, 0.4) is 0 Å². The molecule has 1 fully saturated rings. The number of halogens is 2. The Balaban J connectivity index is 0.000000271. The molecule has 276 valence electrons. The first kappa shape index (κ1) is 41.8. The van der Waals surface area contributed by atoms with Gasteiger partial charge >= 0.3 is 5.97 Å². The molecule has 0 saturated heterocycles. The van der Waals surface area contributed by atoms with E-state index in [1.165, 1.54) is 12.1 Å². The number of primary sulfonamides is 1. The number of aliphatic hydroxyl groups is 1. The lowest BCUT2D eigenvalue weighted by Crippen LogP contribution is -2.47. The average molecular weight is 760 g/mol. The highest BCUT2D eigenvalue weighted by Gasteiger charge is 2.47. The number of fused-ring (bicyclic) bond motifs is 1. The second-order valence-corrected chi connectivity index (χ2v) is 14.5. The summed E-state index contributed by atoms with van der Waals surface area (Å²) in [4.78, 5) is 29.3. The Kier molecular flexibility index (Phi) is 15.4. The number of hydrogen-bond donors (Lipinski definition) is 3. The number of para-hydroxylation sites is 1. The summed E-state index contributed by atoms with van der Waals surface area (Å²) in [6.45, 7) is 10.5. The van der Waals surface area contributed by atoms with E-state index in [-0.39, 0.29) is 52.5 Å². The molecule has 1 aliphatic heterocycles. The number of nitrogens with two attached hydrogens (primary N) is 1. The molecule has 2 aliphatic rings. The van der Waals surface area contributed by atoms with E-state index in [1.807, 2.05) is 68.4 Å². The normalized spacial score (nSPS) is 17.0. The maximum Gasteiger partial charge on any atom is 0.344 e. The summed E-state index contributed by atoms with van der Waals surface area (Å²) in [6.07, 6.45) is 4.60. The molecule has 4 N–H and O–H groups in total. The third-order valence-electron chi connectivity index (χ3n) is 9.27. The molecule has 51 heavy (non-hydrogen) atoms. The van der Waals surface area contributed by atoms with Crippen molar-refractivity contribution in [2.45, 2.75) is 76.5 Å². The molecule has 1 saturated carbocycles. The second-order valence-electron chi connectivity index (χ2n) is 12.5. The molecule has 3 aromatic rings. The van der Waals surface area contributed by atoms with Gasteiger partial charge in [0.25, 0.3) is 5.91 Å². The number of hydrogen-bond acceptors (Lipinski definition) is 8. The van der Waals surface area contributed by atoms with Gasteiger partial charge in [-0.2, -0.15) is 0 Å². The SMILES string of the molecule is CCN(CC)CC#CCOC(=O)C(O)(c1ccccc1)C1CCCCC1.Cc1ccccc1N1C(=O)c2cc(S(N)(=O)=O)c(Cl)cc2NC1C.Cl. The van der Waals surface area contributed by atoms with E-state index in [4.69, 9.17) is 21.5 Å². The lowest BCUT2D eigenvalue weighted by atomic mass is 9.73. The molecule has 1 aliphatic carbocycles. The van der Waals surface area contributed by atoms with Crippen LogP contribution in [0, 0.1) is 24.7 Å². The van der Waals surface area contributed by atoms with Crippen LogP contribution in [0.4, 0.5) is 11.4 Å². The zero-order chi connectivity index (χ0) is 36.5. The number of esters is 1. The fraction of sp³-hybridized carbons (Fsp3) is 0.421. The van der Waals surface area contributed by atoms with Crippen molar-refractivity contribution in [3.05, 3.63) is 88.4 Å². The first-order valence-electron chi connectivity index (χ1n) is 17.0. The first-order chi connectivity index (χ1) is 23.8. The highest BCUT2D eigenvalue weighted by Crippen LogP contribution is 2.40. The number of benzene rings is 3. The van der Waals surface area contributed by atoms with Crippen molar-refractivity contribution in [3.63, 3.8) is 0 Å². The number of amides is 1. The van der Waals surface area contributed by atoms with Crippen LogP contribution in [0.2, 0.25) is 5.02 Å². The minimum absolute atomic E-state index is 0. The van der Waals surface area contributed by atoms with Crippen LogP contribution >= 0.6 is 24.0 Å². The van der Waals surface area contributed by atoms with Crippen molar-refractivity contribution in [1.29, 1.82) is 0 Å². The minimum Gasteiger partial charge on any atom is -0.450 e. The van der Waals surface area contributed by atoms with Gasteiger partial charge in [-0.25, -0.2) is 18.4 Å². The van der Waals surface area contributed by atoms with E-state index < -0.39 is 21.6 Å². The number of nitrogens with one attached hydrogen (secondary N) is 1. The van der Waals surface area contributed by atoms with Gasteiger partial charge in [0, 0.05) is 11.6 Å². The molecule has 0 aromatic heterocycles. The van der Waals surface area contributed by atoms with Crippen molar-refractivity contribution in [1.82, 2.24) is 4.90 Å². The Morgan fingerprint density at radius 2 is 1.69 bits per heavy atom. The molecule has 0 spiro atoms. The molecule has 13 heteroatoms. The van der Waals surface area contributed by atoms with Gasteiger partial charge in [0.05, 0.1) is 22.8 Å². The van der Waals surface area contributed by atoms with Gasteiger partial charge in [0.15, 0.2) is 12.2 Å². The summed E-state index contributed by atoms with van der Waals surface area (Å²) in [5.74, 6) is 4.94. The van der Waals surface area contributed by atoms with E-state index in [2.05, 4.69) is 35.9 Å². The fourth-order valence-electron chi connectivity index (χ4n) is 6.43. The minimum atomic E-state index is -4.02. The van der Waals surface area contributed by atoms with Crippen LogP contribution in [0.5, 0.6) is 0 Å². The predicted molar refractivity (Wildman–Crippen MR) is 205 cm³/mol. The van der Waals surface area contributed by atoms with E-state index in [1.54, 1.807) is 4.90 Å². The molecule has 0 radical (unpaired) electrons. The van der Waals surface area contributed by atoms with E-state index in [0.29, 0.717) is 17.8 Å². The van der Waals surface area contributed by atoms with Crippen LogP contribution in [0.1, 0.15) is 74.4 Å². The Bertz CT molecular complexity index is 1820. The Hall–Kier alpha value is -3.63. The molecular formula is C38H48Cl2N4O6S. The Morgan fingerprint density at radius 1 is 1.06 bits per heavy atom. The van der Waals surface area contributed by atoms with Crippen LogP contribution in [-0.4, -0.2) is 62.7 Å². The molecule has 2 unspecified atom stereocenters. The summed E-state index contributed by atoms with van der Waals surface area (Å²) in [5, 5.41) is 19.7.